The summed E-state index contributed by atoms with van der Waals surface area (Å²) in [6.07, 6.45) is 9.12. The quantitative estimate of drug-likeness (QED) is 0.410. The molecular formula is C11H23ClO. The molecule has 0 radical (unpaired) electrons. The molecule has 0 saturated heterocycles. The molecule has 0 N–H and O–H groups in total. The van der Waals surface area contributed by atoms with Crippen LogP contribution in [0.4, 0.5) is 0 Å². The van der Waals surface area contributed by atoms with Crippen LogP contribution in [0.15, 0.2) is 0 Å². The Morgan fingerprint density at radius 1 is 1.08 bits per heavy atom. The molecule has 0 heterocycles. The summed E-state index contributed by atoms with van der Waals surface area (Å²) in [5, 5.41) is 0.219. The lowest BCUT2D eigenvalue weighted by Gasteiger charge is -2.07. The normalized spacial score (nSPS) is 13.2. The minimum absolute atomic E-state index is 0.219. The Morgan fingerprint density at radius 2 is 1.69 bits per heavy atom. The second-order valence-electron chi connectivity index (χ2n) is 3.61. The van der Waals surface area contributed by atoms with Crippen molar-refractivity contribution in [2.24, 2.45) is 0 Å². The standard InChI is InChI=1S/C11H23ClO/c1-3-4-5-6-7-8-9-11(12)10-13-2/h11H,3-10H2,1-2H3. The molecule has 0 amide bonds. The number of unbranched alkanes of at least 4 members (excludes halogenated alkanes) is 5. The number of methoxy groups -OCH3 is 1. The van der Waals surface area contributed by atoms with Crippen LogP contribution in [0.3, 0.4) is 0 Å². The second kappa shape index (κ2) is 10.3. The molecule has 0 spiro atoms. The molecule has 0 rings (SSSR count). The highest BCUT2D eigenvalue weighted by Gasteiger charge is 2.02. The summed E-state index contributed by atoms with van der Waals surface area (Å²) >= 11 is 6.00. The third-order valence-corrected chi connectivity index (χ3v) is 2.56. The number of rotatable bonds is 9. The van der Waals surface area contributed by atoms with Gasteiger partial charge in [0.15, 0.2) is 0 Å². The van der Waals surface area contributed by atoms with Crippen LogP contribution in [0.2, 0.25) is 0 Å². The van der Waals surface area contributed by atoms with Gasteiger partial charge >= 0.3 is 0 Å². The van der Waals surface area contributed by atoms with Gasteiger partial charge in [-0.2, -0.15) is 0 Å². The van der Waals surface area contributed by atoms with E-state index in [-0.39, 0.29) is 5.38 Å². The van der Waals surface area contributed by atoms with E-state index in [2.05, 4.69) is 6.92 Å². The number of alkyl halides is 1. The molecule has 0 fully saturated rings. The van der Waals surface area contributed by atoms with E-state index in [0.29, 0.717) is 6.61 Å². The van der Waals surface area contributed by atoms with Gasteiger partial charge in [-0.25, -0.2) is 0 Å². The molecular weight excluding hydrogens is 184 g/mol. The summed E-state index contributed by atoms with van der Waals surface area (Å²) in [7, 11) is 1.70. The topological polar surface area (TPSA) is 9.23 Å². The summed E-state index contributed by atoms with van der Waals surface area (Å²) in [5.74, 6) is 0. The van der Waals surface area contributed by atoms with E-state index >= 15 is 0 Å². The van der Waals surface area contributed by atoms with E-state index in [4.69, 9.17) is 16.3 Å². The molecule has 2 heteroatoms. The first-order chi connectivity index (χ1) is 6.31. The monoisotopic (exact) mass is 206 g/mol. The lowest BCUT2D eigenvalue weighted by molar-refractivity contribution is 0.194. The summed E-state index contributed by atoms with van der Waals surface area (Å²) in [6, 6.07) is 0. The van der Waals surface area contributed by atoms with E-state index < -0.39 is 0 Å². The van der Waals surface area contributed by atoms with Gasteiger partial charge in [-0.05, 0) is 6.42 Å². The highest BCUT2D eigenvalue weighted by Crippen LogP contribution is 2.11. The van der Waals surface area contributed by atoms with Crippen molar-refractivity contribution in [2.45, 2.75) is 57.2 Å². The molecule has 0 aliphatic rings. The van der Waals surface area contributed by atoms with Crippen molar-refractivity contribution >= 4 is 11.6 Å². The van der Waals surface area contributed by atoms with Gasteiger partial charge in [-0.1, -0.05) is 45.4 Å². The lowest BCUT2D eigenvalue weighted by atomic mass is 10.1. The van der Waals surface area contributed by atoms with Crippen LogP contribution in [0.25, 0.3) is 0 Å². The number of ether oxygens (including phenoxy) is 1. The van der Waals surface area contributed by atoms with Crippen LogP contribution in [0, 0.1) is 0 Å². The maximum absolute atomic E-state index is 6.00. The number of halogens is 1. The molecule has 0 aliphatic heterocycles. The molecule has 0 aliphatic carbocycles. The van der Waals surface area contributed by atoms with Crippen molar-refractivity contribution in [2.75, 3.05) is 13.7 Å². The van der Waals surface area contributed by atoms with Gasteiger partial charge < -0.3 is 4.74 Å². The molecule has 0 aromatic carbocycles. The molecule has 0 aromatic rings. The number of hydrogen-bond donors (Lipinski definition) is 0. The first kappa shape index (κ1) is 13.2. The van der Waals surface area contributed by atoms with Gasteiger partial charge in [0.05, 0.1) is 12.0 Å². The summed E-state index contributed by atoms with van der Waals surface area (Å²) in [6.45, 7) is 2.93. The molecule has 1 unspecified atom stereocenters. The van der Waals surface area contributed by atoms with Crippen molar-refractivity contribution < 1.29 is 4.74 Å². The van der Waals surface area contributed by atoms with Crippen LogP contribution in [0.5, 0.6) is 0 Å². The Balaban J connectivity index is 2.97. The third-order valence-electron chi connectivity index (χ3n) is 2.22. The smallest absolute Gasteiger partial charge is 0.0626 e. The Labute approximate surface area is 87.8 Å². The van der Waals surface area contributed by atoms with E-state index in [0.717, 1.165) is 6.42 Å². The zero-order chi connectivity index (χ0) is 9.94. The largest absolute Gasteiger partial charge is 0.383 e. The molecule has 0 aromatic heterocycles. The average Bonchev–Trinajstić information content (AvgIpc) is 2.11. The lowest BCUT2D eigenvalue weighted by Crippen LogP contribution is -2.06. The van der Waals surface area contributed by atoms with Gasteiger partial charge in [-0.15, -0.1) is 11.6 Å². The van der Waals surface area contributed by atoms with Gasteiger partial charge in [0.2, 0.25) is 0 Å². The van der Waals surface area contributed by atoms with Crippen molar-refractivity contribution in [3.8, 4) is 0 Å². The van der Waals surface area contributed by atoms with E-state index in [1.165, 1.54) is 38.5 Å². The van der Waals surface area contributed by atoms with Crippen LogP contribution < -0.4 is 0 Å². The fourth-order valence-corrected chi connectivity index (χ4v) is 1.69. The second-order valence-corrected chi connectivity index (χ2v) is 4.23. The molecule has 1 nitrogen and oxygen atoms in total. The zero-order valence-corrected chi connectivity index (χ0v) is 9.78. The number of hydrogen-bond acceptors (Lipinski definition) is 1. The summed E-state index contributed by atoms with van der Waals surface area (Å²) in [4.78, 5) is 0. The first-order valence-corrected chi connectivity index (χ1v) is 5.88. The van der Waals surface area contributed by atoms with Crippen LogP contribution in [-0.4, -0.2) is 19.1 Å². The Morgan fingerprint density at radius 3 is 2.31 bits per heavy atom. The maximum Gasteiger partial charge on any atom is 0.0626 e. The fraction of sp³-hybridized carbons (Fsp3) is 1.00. The SMILES string of the molecule is CCCCCCCCC(Cl)COC. The van der Waals surface area contributed by atoms with Crippen LogP contribution in [0.1, 0.15) is 51.9 Å². The van der Waals surface area contributed by atoms with Gasteiger partial charge in [-0.3, -0.25) is 0 Å². The Hall–Kier alpha value is 0.250. The molecule has 13 heavy (non-hydrogen) atoms. The molecule has 0 bridgehead atoms. The minimum Gasteiger partial charge on any atom is -0.383 e. The average molecular weight is 207 g/mol. The third kappa shape index (κ3) is 10.2. The molecule has 0 saturated carbocycles. The van der Waals surface area contributed by atoms with Crippen molar-refractivity contribution in [1.82, 2.24) is 0 Å². The maximum atomic E-state index is 6.00. The van der Waals surface area contributed by atoms with Crippen LogP contribution >= 0.6 is 11.6 Å². The predicted octanol–water partition coefficient (Wildman–Crippen LogP) is 3.99. The summed E-state index contributed by atoms with van der Waals surface area (Å²) < 4.78 is 4.97. The Kier molecular flexibility index (Phi) is 10.5. The van der Waals surface area contributed by atoms with Crippen molar-refractivity contribution in [1.29, 1.82) is 0 Å². The zero-order valence-electron chi connectivity index (χ0n) is 9.02. The van der Waals surface area contributed by atoms with Gasteiger partial charge in [0, 0.05) is 7.11 Å². The van der Waals surface area contributed by atoms with Crippen LogP contribution in [-0.2, 0) is 4.74 Å². The van der Waals surface area contributed by atoms with Gasteiger partial charge in [0.1, 0.15) is 0 Å². The van der Waals surface area contributed by atoms with Gasteiger partial charge in [0.25, 0.3) is 0 Å². The molecule has 1 atom stereocenters. The fourth-order valence-electron chi connectivity index (χ4n) is 1.41. The minimum atomic E-state index is 0.219. The van der Waals surface area contributed by atoms with E-state index in [9.17, 15) is 0 Å². The highest BCUT2D eigenvalue weighted by molar-refractivity contribution is 6.20. The van der Waals surface area contributed by atoms with E-state index in [1.54, 1.807) is 7.11 Å². The van der Waals surface area contributed by atoms with Crippen molar-refractivity contribution in [3.63, 3.8) is 0 Å². The van der Waals surface area contributed by atoms with E-state index in [1.807, 2.05) is 0 Å². The predicted molar refractivity (Wildman–Crippen MR) is 59.5 cm³/mol. The highest BCUT2D eigenvalue weighted by atomic mass is 35.5. The first-order valence-electron chi connectivity index (χ1n) is 5.44. The summed E-state index contributed by atoms with van der Waals surface area (Å²) in [5.41, 5.74) is 0. The van der Waals surface area contributed by atoms with Crippen molar-refractivity contribution in [3.05, 3.63) is 0 Å². The molecule has 80 valence electrons. The Bertz CT molecular complexity index is 96.1.